The van der Waals surface area contributed by atoms with Crippen molar-refractivity contribution >= 4 is 5.96 Å². The lowest BCUT2D eigenvalue weighted by Gasteiger charge is -2.32. The summed E-state index contributed by atoms with van der Waals surface area (Å²) in [7, 11) is 0. The van der Waals surface area contributed by atoms with Crippen LogP contribution in [-0.4, -0.2) is 28.7 Å². The summed E-state index contributed by atoms with van der Waals surface area (Å²) in [5, 5.41) is 10.7. The molecule has 1 heterocycles. The van der Waals surface area contributed by atoms with Crippen molar-refractivity contribution in [3.63, 3.8) is 0 Å². The topological polar surface area (TPSA) is 75.3 Å². The van der Waals surface area contributed by atoms with Gasteiger partial charge in [-0.2, -0.15) is 4.98 Å². The second-order valence-corrected chi connectivity index (χ2v) is 6.62. The van der Waals surface area contributed by atoms with Crippen LogP contribution in [0.5, 0.6) is 0 Å². The van der Waals surface area contributed by atoms with Crippen LogP contribution >= 0.6 is 0 Å². The zero-order valence-corrected chi connectivity index (χ0v) is 14.9. The minimum Gasteiger partial charge on any atom is -0.357 e. The molecule has 2 rings (SSSR count). The van der Waals surface area contributed by atoms with E-state index in [1.54, 1.807) is 6.92 Å². The molecule has 2 atom stereocenters. The molecule has 0 saturated heterocycles. The van der Waals surface area contributed by atoms with Gasteiger partial charge in [-0.05, 0) is 25.7 Å². The van der Waals surface area contributed by atoms with Gasteiger partial charge in [-0.15, -0.1) is 0 Å². The van der Waals surface area contributed by atoms with Crippen molar-refractivity contribution < 1.29 is 4.52 Å². The highest BCUT2D eigenvalue weighted by Gasteiger charge is 2.24. The monoisotopic (exact) mass is 321 g/mol. The highest BCUT2D eigenvalue weighted by Crippen LogP contribution is 2.31. The molecule has 6 heteroatoms. The Morgan fingerprint density at radius 2 is 2.04 bits per heavy atom. The van der Waals surface area contributed by atoms with E-state index < -0.39 is 0 Å². The van der Waals surface area contributed by atoms with E-state index in [1.807, 2.05) is 0 Å². The van der Waals surface area contributed by atoms with Crippen LogP contribution < -0.4 is 10.6 Å². The average molecular weight is 321 g/mol. The number of rotatable bonds is 6. The van der Waals surface area contributed by atoms with Gasteiger partial charge in [0.25, 0.3) is 0 Å². The van der Waals surface area contributed by atoms with Crippen molar-refractivity contribution in [2.75, 3.05) is 6.54 Å². The number of aliphatic imine (C=N–C) groups is 1. The van der Waals surface area contributed by atoms with Gasteiger partial charge >= 0.3 is 0 Å². The van der Waals surface area contributed by atoms with Gasteiger partial charge in [0.05, 0.1) is 0 Å². The van der Waals surface area contributed by atoms with E-state index in [0.717, 1.165) is 18.4 Å². The lowest BCUT2D eigenvalue weighted by Crippen LogP contribution is -2.46. The van der Waals surface area contributed by atoms with Gasteiger partial charge in [0, 0.05) is 19.5 Å². The van der Waals surface area contributed by atoms with Crippen LogP contribution in [0, 0.1) is 18.8 Å². The van der Waals surface area contributed by atoms with Crippen molar-refractivity contribution in [1.29, 1.82) is 0 Å². The number of hydrogen-bond donors (Lipinski definition) is 2. The third-order valence-corrected chi connectivity index (χ3v) is 4.84. The van der Waals surface area contributed by atoms with Crippen molar-refractivity contribution in [1.82, 2.24) is 20.8 Å². The fourth-order valence-corrected chi connectivity index (χ4v) is 3.29. The van der Waals surface area contributed by atoms with Crippen LogP contribution in [0.2, 0.25) is 0 Å². The Kier molecular flexibility index (Phi) is 6.86. The fourth-order valence-electron chi connectivity index (χ4n) is 3.29. The van der Waals surface area contributed by atoms with E-state index >= 15 is 0 Å². The van der Waals surface area contributed by atoms with Crippen LogP contribution in [0.15, 0.2) is 9.52 Å². The van der Waals surface area contributed by atoms with Crippen molar-refractivity contribution in [2.45, 2.75) is 72.4 Å². The fraction of sp³-hybridized carbons (Fsp3) is 0.824. The number of guanidine groups is 1. The first kappa shape index (κ1) is 17.8. The second kappa shape index (κ2) is 8.89. The molecule has 2 N–H and O–H groups in total. The molecule has 0 aliphatic heterocycles. The Morgan fingerprint density at radius 1 is 1.30 bits per heavy atom. The summed E-state index contributed by atoms with van der Waals surface area (Å²) in [6.45, 7) is 9.74. The summed E-state index contributed by atoms with van der Waals surface area (Å²) >= 11 is 0. The van der Waals surface area contributed by atoms with Crippen LogP contribution in [-0.2, 0) is 6.54 Å². The summed E-state index contributed by atoms with van der Waals surface area (Å²) < 4.78 is 4.98. The third kappa shape index (κ3) is 5.52. The smallest absolute Gasteiger partial charge is 0.223 e. The quantitative estimate of drug-likeness (QED) is 0.622. The molecule has 1 fully saturated rings. The Balaban J connectivity index is 1.91. The van der Waals surface area contributed by atoms with Gasteiger partial charge in [-0.25, -0.2) is 4.99 Å². The standard InChI is InChI=1S/C17H31N5O/c1-5-18-17(19-11-16-21-14(4)23-22-16)20-13(3)12(2)15-9-7-6-8-10-15/h12-13,15H,5-11H2,1-4H3,(H2,18,19,20). The highest BCUT2D eigenvalue weighted by atomic mass is 16.5. The molecule has 1 saturated carbocycles. The normalized spacial score (nSPS) is 19.4. The molecule has 130 valence electrons. The molecular weight excluding hydrogens is 290 g/mol. The zero-order chi connectivity index (χ0) is 16.7. The van der Waals surface area contributed by atoms with Crippen LogP contribution in [0.25, 0.3) is 0 Å². The molecule has 1 aromatic heterocycles. The van der Waals surface area contributed by atoms with E-state index in [-0.39, 0.29) is 0 Å². The number of nitrogens with one attached hydrogen (secondary N) is 2. The lowest BCUT2D eigenvalue weighted by molar-refractivity contribution is 0.229. The first-order chi connectivity index (χ1) is 11.1. The Hall–Kier alpha value is -1.59. The predicted molar refractivity (Wildman–Crippen MR) is 92.2 cm³/mol. The molecule has 1 aliphatic carbocycles. The summed E-state index contributed by atoms with van der Waals surface area (Å²) in [4.78, 5) is 8.76. The van der Waals surface area contributed by atoms with Crippen molar-refractivity contribution in [2.24, 2.45) is 16.8 Å². The maximum Gasteiger partial charge on any atom is 0.223 e. The maximum absolute atomic E-state index is 4.98. The lowest BCUT2D eigenvalue weighted by atomic mass is 9.78. The van der Waals surface area contributed by atoms with E-state index in [4.69, 9.17) is 4.52 Å². The maximum atomic E-state index is 4.98. The Labute approximate surface area is 139 Å². The average Bonchev–Trinajstić information content (AvgIpc) is 2.98. The van der Waals surface area contributed by atoms with Crippen LogP contribution in [0.4, 0.5) is 0 Å². The molecule has 0 aromatic carbocycles. The van der Waals surface area contributed by atoms with E-state index in [2.05, 4.69) is 46.5 Å². The molecule has 23 heavy (non-hydrogen) atoms. The molecular formula is C17H31N5O. The predicted octanol–water partition coefficient (Wildman–Crippen LogP) is 3.04. The Morgan fingerprint density at radius 3 is 2.65 bits per heavy atom. The summed E-state index contributed by atoms with van der Waals surface area (Å²) in [6, 6.07) is 0.392. The zero-order valence-electron chi connectivity index (χ0n) is 14.9. The third-order valence-electron chi connectivity index (χ3n) is 4.84. The Bertz CT molecular complexity index is 493. The van der Waals surface area contributed by atoms with Gasteiger partial charge < -0.3 is 15.2 Å². The summed E-state index contributed by atoms with van der Waals surface area (Å²) in [6.07, 6.45) is 6.89. The molecule has 1 aliphatic rings. The van der Waals surface area contributed by atoms with E-state index in [0.29, 0.717) is 30.2 Å². The molecule has 6 nitrogen and oxygen atoms in total. The minimum atomic E-state index is 0.392. The van der Waals surface area contributed by atoms with Gasteiger partial charge in [-0.1, -0.05) is 44.2 Å². The minimum absolute atomic E-state index is 0.392. The largest absolute Gasteiger partial charge is 0.357 e. The molecule has 0 radical (unpaired) electrons. The van der Waals surface area contributed by atoms with Gasteiger partial charge in [0.15, 0.2) is 11.8 Å². The number of aromatic nitrogens is 2. The highest BCUT2D eigenvalue weighted by molar-refractivity contribution is 5.80. The molecule has 0 bridgehead atoms. The number of hydrogen-bond acceptors (Lipinski definition) is 4. The first-order valence-corrected chi connectivity index (χ1v) is 8.94. The van der Waals surface area contributed by atoms with E-state index in [9.17, 15) is 0 Å². The van der Waals surface area contributed by atoms with Crippen LogP contribution in [0.1, 0.15) is 64.6 Å². The van der Waals surface area contributed by atoms with Gasteiger partial charge in [-0.3, -0.25) is 0 Å². The molecule has 1 aromatic rings. The summed E-state index contributed by atoms with van der Waals surface area (Å²) in [5.41, 5.74) is 0. The SMILES string of the molecule is CCNC(=NCc1noc(C)n1)NC(C)C(C)C1CCCCC1. The molecule has 0 amide bonds. The molecule has 2 unspecified atom stereocenters. The second-order valence-electron chi connectivity index (χ2n) is 6.62. The summed E-state index contributed by atoms with van der Waals surface area (Å²) in [5.74, 6) is 3.49. The molecule has 0 spiro atoms. The van der Waals surface area contributed by atoms with Crippen LogP contribution in [0.3, 0.4) is 0 Å². The van der Waals surface area contributed by atoms with E-state index in [1.165, 1.54) is 32.1 Å². The van der Waals surface area contributed by atoms with Crippen molar-refractivity contribution in [3.05, 3.63) is 11.7 Å². The van der Waals surface area contributed by atoms with Crippen molar-refractivity contribution in [3.8, 4) is 0 Å². The first-order valence-electron chi connectivity index (χ1n) is 8.94. The van der Waals surface area contributed by atoms with Gasteiger partial charge in [0.1, 0.15) is 6.54 Å². The number of aryl methyl sites for hydroxylation is 1. The van der Waals surface area contributed by atoms with Gasteiger partial charge in [0.2, 0.25) is 5.89 Å². The number of nitrogens with zero attached hydrogens (tertiary/aromatic N) is 3.